The van der Waals surface area contributed by atoms with Crippen molar-refractivity contribution in [2.45, 2.75) is 26.9 Å². The van der Waals surface area contributed by atoms with Gasteiger partial charge in [-0.05, 0) is 26.0 Å². The molecule has 2 aromatic heterocycles. The molecule has 24 heavy (non-hydrogen) atoms. The van der Waals surface area contributed by atoms with Crippen molar-refractivity contribution in [3.63, 3.8) is 0 Å². The minimum atomic E-state index is -0.201. The van der Waals surface area contributed by atoms with Gasteiger partial charge in [-0.2, -0.15) is 5.10 Å². The van der Waals surface area contributed by atoms with E-state index in [0.717, 1.165) is 26.8 Å². The third-order valence-electron chi connectivity index (χ3n) is 3.52. The molecule has 124 valence electrons. The average Bonchev–Trinajstić information content (AvgIpc) is 3.18. The zero-order chi connectivity index (χ0) is 16.9. The van der Waals surface area contributed by atoms with Crippen LogP contribution in [0.15, 0.2) is 42.7 Å². The molecule has 3 rings (SSSR count). The standard InChI is InChI=1S/C17H19N5OS/c1-12-16(24-13(2)21-12)10-19-17(23)18-8-14-9-20-22(11-14)15-6-4-3-5-7-15/h3-7,9,11H,8,10H2,1-2H3,(H2,18,19,23). The molecule has 1 aromatic carbocycles. The van der Waals surface area contributed by atoms with Gasteiger partial charge in [0.25, 0.3) is 0 Å². The second-order valence-electron chi connectivity index (χ2n) is 5.41. The number of para-hydroxylation sites is 1. The lowest BCUT2D eigenvalue weighted by atomic mass is 10.3. The summed E-state index contributed by atoms with van der Waals surface area (Å²) in [6.45, 7) is 4.84. The molecular weight excluding hydrogens is 322 g/mol. The molecule has 0 unspecified atom stereocenters. The van der Waals surface area contributed by atoms with E-state index < -0.39 is 0 Å². The Morgan fingerprint density at radius 1 is 1.17 bits per heavy atom. The predicted molar refractivity (Wildman–Crippen MR) is 94.2 cm³/mol. The third-order valence-corrected chi connectivity index (χ3v) is 4.59. The topological polar surface area (TPSA) is 71.8 Å². The van der Waals surface area contributed by atoms with Crippen LogP contribution in [0.1, 0.15) is 21.1 Å². The van der Waals surface area contributed by atoms with Crippen LogP contribution >= 0.6 is 11.3 Å². The lowest BCUT2D eigenvalue weighted by Crippen LogP contribution is -2.34. The summed E-state index contributed by atoms with van der Waals surface area (Å²) in [6, 6.07) is 9.66. The molecule has 2 heterocycles. The largest absolute Gasteiger partial charge is 0.334 e. The van der Waals surface area contributed by atoms with Gasteiger partial charge in [-0.25, -0.2) is 14.5 Å². The number of aromatic nitrogens is 3. The molecule has 6 nitrogen and oxygen atoms in total. The maximum Gasteiger partial charge on any atom is 0.315 e. The summed E-state index contributed by atoms with van der Waals surface area (Å²) in [6.07, 6.45) is 3.66. The van der Waals surface area contributed by atoms with Crippen molar-refractivity contribution in [2.75, 3.05) is 0 Å². The number of thiazole rings is 1. The molecule has 0 saturated carbocycles. The maximum absolute atomic E-state index is 11.9. The molecule has 0 atom stereocenters. The van der Waals surface area contributed by atoms with Crippen LogP contribution in [0.5, 0.6) is 0 Å². The first-order chi connectivity index (χ1) is 11.6. The number of benzene rings is 1. The molecule has 3 aromatic rings. The fourth-order valence-corrected chi connectivity index (χ4v) is 3.19. The number of urea groups is 1. The van der Waals surface area contributed by atoms with E-state index in [1.165, 1.54) is 0 Å². The van der Waals surface area contributed by atoms with Crippen molar-refractivity contribution in [3.8, 4) is 5.69 Å². The second-order valence-corrected chi connectivity index (χ2v) is 6.69. The van der Waals surface area contributed by atoms with Crippen LogP contribution < -0.4 is 10.6 Å². The third kappa shape index (κ3) is 3.99. The molecule has 0 aliphatic carbocycles. The molecule has 0 bridgehead atoms. The van der Waals surface area contributed by atoms with Gasteiger partial charge in [-0.1, -0.05) is 18.2 Å². The van der Waals surface area contributed by atoms with Crippen molar-refractivity contribution >= 4 is 17.4 Å². The van der Waals surface area contributed by atoms with E-state index in [2.05, 4.69) is 20.7 Å². The SMILES string of the molecule is Cc1nc(C)c(CNC(=O)NCc2cnn(-c3ccccc3)c2)s1. The van der Waals surface area contributed by atoms with Crippen molar-refractivity contribution in [1.29, 1.82) is 0 Å². The summed E-state index contributed by atoms with van der Waals surface area (Å²) >= 11 is 1.60. The Kier molecular flexibility index (Phi) is 4.90. The minimum Gasteiger partial charge on any atom is -0.334 e. The maximum atomic E-state index is 11.9. The smallest absolute Gasteiger partial charge is 0.315 e. The van der Waals surface area contributed by atoms with E-state index >= 15 is 0 Å². The molecule has 7 heteroatoms. The average molecular weight is 341 g/mol. The monoisotopic (exact) mass is 341 g/mol. The van der Waals surface area contributed by atoms with Gasteiger partial charge in [-0.3, -0.25) is 0 Å². The number of aryl methyl sites for hydroxylation is 2. The summed E-state index contributed by atoms with van der Waals surface area (Å²) in [5.41, 5.74) is 2.91. The lowest BCUT2D eigenvalue weighted by molar-refractivity contribution is 0.240. The first-order valence-corrected chi connectivity index (χ1v) is 8.47. The Labute approximate surface area is 144 Å². The first kappa shape index (κ1) is 16.2. The number of carbonyl (C=O) groups is 1. The van der Waals surface area contributed by atoms with Crippen LogP contribution in [-0.2, 0) is 13.1 Å². The second kappa shape index (κ2) is 7.27. The number of hydrogen-bond acceptors (Lipinski definition) is 4. The minimum absolute atomic E-state index is 0.201. The van der Waals surface area contributed by atoms with E-state index in [9.17, 15) is 4.79 Å². The van der Waals surface area contributed by atoms with E-state index in [-0.39, 0.29) is 6.03 Å². The summed E-state index contributed by atoms with van der Waals surface area (Å²) in [7, 11) is 0. The molecule has 2 amide bonds. The van der Waals surface area contributed by atoms with Gasteiger partial charge in [0.05, 0.1) is 29.1 Å². The van der Waals surface area contributed by atoms with Gasteiger partial charge in [0.1, 0.15) is 0 Å². The molecule has 0 fully saturated rings. The highest BCUT2D eigenvalue weighted by Gasteiger charge is 2.07. The van der Waals surface area contributed by atoms with Gasteiger partial charge in [-0.15, -0.1) is 11.3 Å². The summed E-state index contributed by atoms with van der Waals surface area (Å²) in [4.78, 5) is 17.4. The highest BCUT2D eigenvalue weighted by atomic mass is 32.1. The number of rotatable bonds is 5. The van der Waals surface area contributed by atoms with Crippen LogP contribution in [0.25, 0.3) is 5.69 Å². The zero-order valence-corrected chi connectivity index (χ0v) is 14.4. The zero-order valence-electron chi connectivity index (χ0n) is 13.6. The number of hydrogen-bond donors (Lipinski definition) is 2. The predicted octanol–water partition coefficient (Wildman–Crippen LogP) is 2.95. The summed E-state index contributed by atoms with van der Waals surface area (Å²) in [5.74, 6) is 0. The van der Waals surface area contributed by atoms with Crippen molar-refractivity contribution in [2.24, 2.45) is 0 Å². The molecular formula is C17H19N5OS. The van der Waals surface area contributed by atoms with Gasteiger partial charge < -0.3 is 10.6 Å². The van der Waals surface area contributed by atoms with Gasteiger partial charge >= 0.3 is 6.03 Å². The van der Waals surface area contributed by atoms with Gasteiger partial charge in [0, 0.05) is 23.2 Å². The van der Waals surface area contributed by atoms with Crippen LogP contribution in [0.3, 0.4) is 0 Å². The van der Waals surface area contributed by atoms with Crippen molar-refractivity contribution < 1.29 is 4.79 Å². The Morgan fingerprint density at radius 2 is 1.92 bits per heavy atom. The molecule has 0 spiro atoms. The number of nitrogens with one attached hydrogen (secondary N) is 2. The molecule has 0 saturated heterocycles. The van der Waals surface area contributed by atoms with Crippen LogP contribution in [0.2, 0.25) is 0 Å². The summed E-state index contributed by atoms with van der Waals surface area (Å²) in [5, 5.41) is 11.0. The first-order valence-electron chi connectivity index (χ1n) is 7.65. The van der Waals surface area contributed by atoms with E-state index in [0.29, 0.717) is 13.1 Å². The fraction of sp³-hybridized carbons (Fsp3) is 0.235. The molecule has 2 N–H and O–H groups in total. The number of carbonyl (C=O) groups excluding carboxylic acids is 1. The number of amides is 2. The van der Waals surface area contributed by atoms with Gasteiger partial charge in [0.15, 0.2) is 0 Å². The van der Waals surface area contributed by atoms with Crippen LogP contribution in [0, 0.1) is 13.8 Å². The lowest BCUT2D eigenvalue weighted by Gasteiger charge is -2.05. The van der Waals surface area contributed by atoms with E-state index in [4.69, 9.17) is 0 Å². The molecule has 0 radical (unpaired) electrons. The quantitative estimate of drug-likeness (QED) is 0.749. The van der Waals surface area contributed by atoms with Crippen molar-refractivity contribution in [3.05, 3.63) is 63.9 Å². The van der Waals surface area contributed by atoms with Crippen LogP contribution in [-0.4, -0.2) is 20.8 Å². The highest BCUT2D eigenvalue weighted by Crippen LogP contribution is 2.16. The van der Waals surface area contributed by atoms with Crippen LogP contribution in [0.4, 0.5) is 4.79 Å². The van der Waals surface area contributed by atoms with E-state index in [1.807, 2.05) is 50.4 Å². The Hall–Kier alpha value is -2.67. The van der Waals surface area contributed by atoms with E-state index in [1.54, 1.807) is 22.2 Å². The van der Waals surface area contributed by atoms with Gasteiger partial charge in [0.2, 0.25) is 0 Å². The Morgan fingerprint density at radius 3 is 2.62 bits per heavy atom. The fourth-order valence-electron chi connectivity index (χ4n) is 2.32. The normalized spacial score (nSPS) is 10.6. The van der Waals surface area contributed by atoms with Crippen molar-refractivity contribution in [1.82, 2.24) is 25.4 Å². The molecule has 0 aliphatic heterocycles. The number of nitrogens with zero attached hydrogens (tertiary/aromatic N) is 3. The Balaban J connectivity index is 1.50. The molecule has 0 aliphatic rings. The Bertz CT molecular complexity index is 825. The summed E-state index contributed by atoms with van der Waals surface area (Å²) < 4.78 is 1.79. The highest BCUT2D eigenvalue weighted by molar-refractivity contribution is 7.11.